The Labute approximate surface area is 297 Å². The number of carbonyl (C=O) groups is 1. The molecule has 1 N–H and O–H groups in total. The number of piperidine rings is 1. The number of nitrogens with zero attached hydrogens (tertiary/aromatic N) is 5. The van der Waals surface area contributed by atoms with E-state index < -0.39 is 32.3 Å². The number of amides is 1. The molecule has 51 heavy (non-hydrogen) atoms. The number of hydrogen-bond donors (Lipinski definition) is 1. The Bertz CT molecular complexity index is 1740. The predicted molar refractivity (Wildman–Crippen MR) is 194 cm³/mol. The van der Waals surface area contributed by atoms with Crippen molar-refractivity contribution in [2.24, 2.45) is 5.92 Å². The molecule has 4 heterocycles. The van der Waals surface area contributed by atoms with Gasteiger partial charge >= 0.3 is 12.3 Å². The van der Waals surface area contributed by atoms with Gasteiger partial charge in [0.2, 0.25) is 0 Å². The second kappa shape index (κ2) is 16.0. The quantitative estimate of drug-likeness (QED) is 0.118. The lowest BCUT2D eigenvalue weighted by atomic mass is 9.90. The Morgan fingerprint density at radius 1 is 1.04 bits per heavy atom. The molecule has 2 aromatic heterocycles. The number of aromatic nitrogens is 3. The van der Waals surface area contributed by atoms with Crippen LogP contribution >= 0.6 is 0 Å². The number of alkyl halides is 3. The Morgan fingerprint density at radius 2 is 1.78 bits per heavy atom. The summed E-state index contributed by atoms with van der Waals surface area (Å²) in [5.74, 6) is -0.0158. The summed E-state index contributed by atoms with van der Waals surface area (Å²) >= 11 is 0. The number of morpholine rings is 1. The molecule has 2 saturated heterocycles. The summed E-state index contributed by atoms with van der Waals surface area (Å²) in [5.41, 5.74) is 3.54. The zero-order valence-corrected chi connectivity index (χ0v) is 30.5. The van der Waals surface area contributed by atoms with Crippen LogP contribution in [0.2, 0.25) is 25.7 Å². The molecule has 1 amide bonds. The van der Waals surface area contributed by atoms with Crippen molar-refractivity contribution in [2.75, 3.05) is 56.2 Å². The number of halogens is 3. The highest BCUT2D eigenvalue weighted by atomic mass is 28.3. The van der Waals surface area contributed by atoms with Crippen molar-refractivity contribution < 1.29 is 32.2 Å². The van der Waals surface area contributed by atoms with Gasteiger partial charge in [0.05, 0.1) is 24.3 Å². The van der Waals surface area contributed by atoms with E-state index in [9.17, 15) is 18.0 Å². The maximum atomic E-state index is 14.6. The first-order chi connectivity index (χ1) is 24.5. The maximum absolute atomic E-state index is 14.6. The molecule has 1 unspecified atom stereocenters. The lowest BCUT2D eigenvalue weighted by Crippen LogP contribution is -2.50. The molecule has 0 bridgehead atoms. The van der Waals surface area contributed by atoms with Crippen molar-refractivity contribution in [2.45, 2.75) is 64.1 Å². The third-order valence-corrected chi connectivity index (χ3v) is 11.1. The highest BCUT2D eigenvalue weighted by molar-refractivity contribution is 6.76. The van der Waals surface area contributed by atoms with E-state index >= 15 is 0 Å². The van der Waals surface area contributed by atoms with Gasteiger partial charge in [-0.05, 0) is 48.2 Å². The van der Waals surface area contributed by atoms with Crippen molar-refractivity contribution in [3.05, 3.63) is 72.6 Å². The Morgan fingerprint density at radius 3 is 2.49 bits per heavy atom. The topological polar surface area (TPSA) is 94.0 Å². The first-order valence-electron chi connectivity index (χ1n) is 17.6. The van der Waals surface area contributed by atoms with Gasteiger partial charge in [0, 0.05) is 52.5 Å². The van der Waals surface area contributed by atoms with Gasteiger partial charge in [-0.25, -0.2) is 14.8 Å². The van der Waals surface area contributed by atoms with E-state index in [1.807, 2.05) is 53.1 Å². The lowest BCUT2D eigenvalue weighted by molar-refractivity contribution is -0.156. The second-order valence-electron chi connectivity index (χ2n) is 14.5. The average molecular weight is 725 g/mol. The number of fused-ring (bicyclic) bond motifs is 1. The van der Waals surface area contributed by atoms with Gasteiger partial charge in [0.15, 0.2) is 0 Å². The molecule has 4 aromatic rings. The number of carbonyl (C=O) groups excluding carboxylic acids is 1. The Balaban J connectivity index is 1.20. The molecule has 2 atom stereocenters. The number of anilines is 2. The summed E-state index contributed by atoms with van der Waals surface area (Å²) in [4.78, 5) is 25.7. The van der Waals surface area contributed by atoms with E-state index in [2.05, 4.69) is 39.8 Å². The second-order valence-corrected chi connectivity index (χ2v) is 20.1. The maximum Gasteiger partial charge on any atom is 0.410 e. The molecule has 0 spiro atoms. The van der Waals surface area contributed by atoms with Gasteiger partial charge in [-0.3, -0.25) is 0 Å². The summed E-state index contributed by atoms with van der Waals surface area (Å²) in [7, 11) is -1.31. The van der Waals surface area contributed by atoms with Crippen LogP contribution in [-0.2, 0) is 27.5 Å². The summed E-state index contributed by atoms with van der Waals surface area (Å²) in [6.45, 7) is 10.9. The lowest BCUT2D eigenvalue weighted by Gasteiger charge is -2.37. The van der Waals surface area contributed by atoms with E-state index in [0.717, 1.165) is 39.7 Å². The monoisotopic (exact) mass is 724 g/mol. The van der Waals surface area contributed by atoms with Crippen LogP contribution < -0.4 is 10.2 Å². The summed E-state index contributed by atoms with van der Waals surface area (Å²) in [6, 6.07) is 17.4. The number of likely N-dealkylation sites (tertiary alicyclic amines) is 1. The molecular weight excluding hydrogens is 678 g/mol. The molecule has 274 valence electrons. The van der Waals surface area contributed by atoms with Gasteiger partial charge < -0.3 is 33.9 Å². The largest absolute Gasteiger partial charge is 0.445 e. The zero-order valence-electron chi connectivity index (χ0n) is 29.5. The predicted octanol–water partition coefficient (Wildman–Crippen LogP) is 7.64. The van der Waals surface area contributed by atoms with Crippen LogP contribution in [0, 0.1) is 5.92 Å². The Hall–Kier alpha value is -4.14. The number of benzene rings is 2. The van der Waals surface area contributed by atoms with Gasteiger partial charge in [-0.1, -0.05) is 62.1 Å². The highest BCUT2D eigenvalue weighted by Gasteiger charge is 2.46. The summed E-state index contributed by atoms with van der Waals surface area (Å²) in [5, 5.41) is 3.64. The van der Waals surface area contributed by atoms with Gasteiger partial charge in [0.1, 0.15) is 37.2 Å². The summed E-state index contributed by atoms with van der Waals surface area (Å²) in [6.07, 6.45) is -2.78. The standard InChI is InChI=1S/C37H47F3N6O4Si/c1-51(2,3)21-20-49-26-46-32(22-31-34(41-25-42-35(31)46)44-16-18-48-19-17-44)28-11-13-30(14-12-28)43-33(37(38,39)40)29-10-7-15-45(23-29)36(47)50-24-27-8-5-4-6-9-27/h4-6,8-9,11-14,22,25,29,33,43H,7,10,15-21,23-24,26H2,1-3H3/t29?,33-/m1/s1. The van der Waals surface area contributed by atoms with E-state index in [4.69, 9.17) is 14.2 Å². The summed E-state index contributed by atoms with van der Waals surface area (Å²) < 4.78 is 62.9. The molecule has 14 heteroatoms. The fourth-order valence-corrected chi connectivity index (χ4v) is 7.38. The van der Waals surface area contributed by atoms with Crippen molar-refractivity contribution in [1.29, 1.82) is 0 Å². The van der Waals surface area contributed by atoms with Crippen LogP contribution in [0.5, 0.6) is 0 Å². The van der Waals surface area contributed by atoms with Crippen LogP contribution in [-0.4, -0.2) is 91.8 Å². The molecule has 2 aliphatic rings. The molecule has 0 aliphatic carbocycles. The Kier molecular flexibility index (Phi) is 11.5. The van der Waals surface area contributed by atoms with E-state index in [-0.39, 0.29) is 19.9 Å². The SMILES string of the molecule is C[Si](C)(C)CCOCn1c(-c2ccc(N[C@H](C3CCCN(C(=O)OCc4ccccc4)C3)C(F)(F)F)cc2)cc2c(N3CCOCC3)ncnc21. The van der Waals surface area contributed by atoms with E-state index in [1.54, 1.807) is 18.5 Å². The fraction of sp³-hybridized carbons (Fsp3) is 0.486. The van der Waals surface area contributed by atoms with Crippen molar-refractivity contribution in [3.63, 3.8) is 0 Å². The minimum Gasteiger partial charge on any atom is -0.445 e. The first kappa shape index (κ1) is 36.6. The number of hydrogen-bond acceptors (Lipinski definition) is 8. The molecule has 2 aromatic carbocycles. The average Bonchev–Trinajstić information content (AvgIpc) is 3.50. The zero-order chi connectivity index (χ0) is 36.0. The van der Waals surface area contributed by atoms with Gasteiger partial charge in [-0.2, -0.15) is 13.2 Å². The molecule has 2 aliphatic heterocycles. The number of nitrogens with one attached hydrogen (secondary N) is 1. The minimum absolute atomic E-state index is 0.0484. The normalized spacial score (nSPS) is 17.8. The third-order valence-electron chi connectivity index (χ3n) is 9.44. The smallest absolute Gasteiger partial charge is 0.410 e. The third kappa shape index (κ3) is 9.40. The van der Waals surface area contributed by atoms with Crippen LogP contribution in [0.1, 0.15) is 18.4 Å². The highest BCUT2D eigenvalue weighted by Crippen LogP contribution is 2.36. The van der Waals surface area contributed by atoms with Crippen molar-refractivity contribution in [3.8, 4) is 11.3 Å². The minimum atomic E-state index is -4.53. The van der Waals surface area contributed by atoms with E-state index in [1.165, 1.54) is 4.90 Å². The van der Waals surface area contributed by atoms with Crippen LogP contribution in [0.25, 0.3) is 22.3 Å². The molecule has 0 saturated carbocycles. The van der Waals surface area contributed by atoms with Crippen LogP contribution in [0.3, 0.4) is 0 Å². The van der Waals surface area contributed by atoms with E-state index in [0.29, 0.717) is 58.0 Å². The molecular formula is C37H47F3N6O4Si. The molecule has 2 fully saturated rings. The van der Waals surface area contributed by atoms with Crippen LogP contribution in [0.4, 0.5) is 29.5 Å². The van der Waals surface area contributed by atoms with Gasteiger partial charge in [-0.15, -0.1) is 0 Å². The fourth-order valence-electron chi connectivity index (χ4n) is 6.62. The van der Waals surface area contributed by atoms with Crippen molar-refractivity contribution >= 4 is 36.7 Å². The molecule has 0 radical (unpaired) electrons. The van der Waals surface area contributed by atoms with Crippen molar-refractivity contribution in [1.82, 2.24) is 19.4 Å². The first-order valence-corrected chi connectivity index (χ1v) is 21.3. The van der Waals surface area contributed by atoms with Gasteiger partial charge in [0.25, 0.3) is 0 Å². The number of rotatable bonds is 12. The van der Waals surface area contributed by atoms with Crippen LogP contribution in [0.15, 0.2) is 67.0 Å². The molecule has 6 rings (SSSR count). The molecule has 10 nitrogen and oxygen atoms in total. The number of ether oxygens (including phenoxy) is 3.